The zero-order valence-corrected chi connectivity index (χ0v) is 13.3. The Hall–Kier alpha value is -0.450. The molecule has 0 spiro atoms. The zero-order valence-electron chi connectivity index (χ0n) is 12.5. The number of ether oxygens (including phenoxy) is 1. The molecule has 0 aromatic carbocycles. The molecule has 0 radical (unpaired) electrons. The third-order valence-corrected chi connectivity index (χ3v) is 5.06. The highest BCUT2D eigenvalue weighted by atomic mass is 32.1. The Morgan fingerprint density at radius 3 is 2.79 bits per heavy atom. The number of nitrogens with one attached hydrogen (secondary N) is 1. The monoisotopic (exact) mass is 282 g/mol. The highest BCUT2D eigenvalue weighted by molar-refractivity contribution is 7.11. The molecule has 0 saturated carbocycles. The highest BCUT2D eigenvalue weighted by Crippen LogP contribution is 2.26. The van der Waals surface area contributed by atoms with Crippen molar-refractivity contribution in [3.63, 3.8) is 0 Å². The Morgan fingerprint density at radius 2 is 2.26 bits per heavy atom. The molecule has 1 aromatic heterocycles. The molecule has 0 aliphatic carbocycles. The van der Waals surface area contributed by atoms with Gasteiger partial charge in [0.05, 0.1) is 16.8 Å². The Balaban J connectivity index is 2.04. The van der Waals surface area contributed by atoms with Crippen LogP contribution in [0, 0.1) is 19.8 Å². The molecule has 4 heteroatoms. The van der Waals surface area contributed by atoms with Crippen LogP contribution in [0.4, 0.5) is 0 Å². The lowest BCUT2D eigenvalue weighted by Gasteiger charge is -2.26. The molecule has 0 amide bonds. The molecule has 2 heterocycles. The van der Waals surface area contributed by atoms with Crippen molar-refractivity contribution in [1.29, 1.82) is 0 Å². The maximum Gasteiger partial charge on any atom is 0.0947 e. The zero-order chi connectivity index (χ0) is 13.8. The first-order chi connectivity index (χ1) is 9.11. The fourth-order valence-corrected chi connectivity index (χ4v) is 3.67. The maximum atomic E-state index is 5.95. The van der Waals surface area contributed by atoms with Gasteiger partial charge in [0.25, 0.3) is 0 Å². The first-order valence-electron chi connectivity index (χ1n) is 7.39. The average Bonchev–Trinajstić information content (AvgIpc) is 2.92. The van der Waals surface area contributed by atoms with Gasteiger partial charge < -0.3 is 10.1 Å². The van der Waals surface area contributed by atoms with Crippen LogP contribution in [0.15, 0.2) is 0 Å². The van der Waals surface area contributed by atoms with Gasteiger partial charge in [-0.05, 0) is 39.2 Å². The van der Waals surface area contributed by atoms with Crippen LogP contribution in [0.2, 0.25) is 0 Å². The predicted octanol–water partition coefficient (Wildman–Crippen LogP) is 3.10. The van der Waals surface area contributed by atoms with Gasteiger partial charge in [0.15, 0.2) is 0 Å². The van der Waals surface area contributed by atoms with Crippen LogP contribution in [0.3, 0.4) is 0 Å². The van der Waals surface area contributed by atoms with Gasteiger partial charge in [0.1, 0.15) is 0 Å². The van der Waals surface area contributed by atoms with E-state index >= 15 is 0 Å². The highest BCUT2D eigenvalue weighted by Gasteiger charge is 2.32. The summed E-state index contributed by atoms with van der Waals surface area (Å²) in [5.41, 5.74) is 1.18. The molecule has 19 heavy (non-hydrogen) atoms. The van der Waals surface area contributed by atoms with Crippen molar-refractivity contribution in [1.82, 2.24) is 10.3 Å². The SMILES string of the molecule is CCCNC(Cc1nc(C)c(C)s1)C1OCCC1C. The van der Waals surface area contributed by atoms with Crippen molar-refractivity contribution < 1.29 is 4.74 Å². The molecule has 0 bridgehead atoms. The van der Waals surface area contributed by atoms with Crippen molar-refractivity contribution >= 4 is 11.3 Å². The molecule has 1 aliphatic rings. The number of hydrogen-bond donors (Lipinski definition) is 1. The van der Waals surface area contributed by atoms with Crippen LogP contribution < -0.4 is 5.32 Å². The third kappa shape index (κ3) is 3.77. The van der Waals surface area contributed by atoms with E-state index in [0.29, 0.717) is 18.1 Å². The van der Waals surface area contributed by atoms with E-state index in [1.807, 2.05) is 11.3 Å². The summed E-state index contributed by atoms with van der Waals surface area (Å²) in [5.74, 6) is 0.650. The number of rotatable bonds is 6. The Bertz CT molecular complexity index is 385. The van der Waals surface area contributed by atoms with Gasteiger partial charge in [-0.2, -0.15) is 0 Å². The van der Waals surface area contributed by atoms with Crippen LogP contribution >= 0.6 is 11.3 Å². The molecule has 108 valence electrons. The van der Waals surface area contributed by atoms with E-state index in [0.717, 1.165) is 26.0 Å². The minimum Gasteiger partial charge on any atom is -0.376 e. The molecule has 1 fully saturated rings. The second-order valence-corrected chi connectivity index (χ2v) is 6.90. The number of aromatic nitrogens is 1. The molecule has 1 N–H and O–H groups in total. The van der Waals surface area contributed by atoms with Gasteiger partial charge in [-0.1, -0.05) is 13.8 Å². The number of thiazole rings is 1. The second kappa shape index (κ2) is 6.82. The first kappa shape index (κ1) is 14.9. The standard InChI is InChI=1S/C15H26N2OS/c1-5-7-16-13(15-10(2)6-8-18-15)9-14-17-11(3)12(4)19-14/h10,13,15-16H,5-9H2,1-4H3. The topological polar surface area (TPSA) is 34.2 Å². The van der Waals surface area contributed by atoms with E-state index in [-0.39, 0.29) is 0 Å². The number of nitrogens with zero attached hydrogens (tertiary/aromatic N) is 1. The minimum absolute atomic E-state index is 0.344. The second-order valence-electron chi connectivity index (χ2n) is 5.62. The summed E-state index contributed by atoms with van der Waals surface area (Å²) < 4.78 is 5.95. The summed E-state index contributed by atoms with van der Waals surface area (Å²) in [6.45, 7) is 10.7. The minimum atomic E-state index is 0.344. The molecule has 3 nitrogen and oxygen atoms in total. The lowest BCUT2D eigenvalue weighted by molar-refractivity contribution is 0.0610. The summed E-state index contributed by atoms with van der Waals surface area (Å²) in [5, 5.41) is 4.90. The Morgan fingerprint density at radius 1 is 1.47 bits per heavy atom. The van der Waals surface area contributed by atoms with Crippen molar-refractivity contribution in [2.24, 2.45) is 5.92 Å². The summed E-state index contributed by atoms with van der Waals surface area (Å²) in [7, 11) is 0. The Kier molecular flexibility index (Phi) is 5.37. The van der Waals surface area contributed by atoms with E-state index < -0.39 is 0 Å². The Labute approximate surface area is 120 Å². The number of hydrogen-bond acceptors (Lipinski definition) is 4. The average molecular weight is 282 g/mol. The van der Waals surface area contributed by atoms with Crippen molar-refractivity contribution in [3.05, 3.63) is 15.6 Å². The van der Waals surface area contributed by atoms with E-state index in [4.69, 9.17) is 4.74 Å². The van der Waals surface area contributed by atoms with Crippen LogP contribution in [0.25, 0.3) is 0 Å². The summed E-state index contributed by atoms with van der Waals surface area (Å²) in [4.78, 5) is 6.02. The van der Waals surface area contributed by atoms with Gasteiger partial charge in [0, 0.05) is 23.9 Å². The molecule has 2 rings (SSSR count). The van der Waals surface area contributed by atoms with Gasteiger partial charge in [0.2, 0.25) is 0 Å². The lowest BCUT2D eigenvalue weighted by Crippen LogP contribution is -2.44. The normalized spacial score (nSPS) is 24.8. The predicted molar refractivity (Wildman–Crippen MR) is 80.9 cm³/mol. The van der Waals surface area contributed by atoms with Crippen molar-refractivity contribution in [2.75, 3.05) is 13.2 Å². The quantitative estimate of drug-likeness (QED) is 0.870. The molecular weight excluding hydrogens is 256 g/mol. The fraction of sp³-hybridized carbons (Fsp3) is 0.800. The van der Waals surface area contributed by atoms with Gasteiger partial charge >= 0.3 is 0 Å². The van der Waals surface area contributed by atoms with Crippen LogP contribution in [-0.4, -0.2) is 30.3 Å². The molecule has 1 aliphatic heterocycles. The molecule has 1 saturated heterocycles. The van der Waals surface area contributed by atoms with E-state index in [2.05, 4.69) is 38.0 Å². The number of aryl methyl sites for hydroxylation is 2. The lowest BCUT2D eigenvalue weighted by atomic mass is 9.95. The van der Waals surface area contributed by atoms with E-state index in [1.54, 1.807) is 0 Å². The van der Waals surface area contributed by atoms with Gasteiger partial charge in [-0.3, -0.25) is 0 Å². The van der Waals surface area contributed by atoms with Crippen molar-refractivity contribution in [2.45, 2.75) is 59.1 Å². The smallest absolute Gasteiger partial charge is 0.0947 e. The fourth-order valence-electron chi connectivity index (χ4n) is 2.68. The van der Waals surface area contributed by atoms with Crippen LogP contribution in [0.1, 0.15) is 42.3 Å². The van der Waals surface area contributed by atoms with Crippen LogP contribution in [-0.2, 0) is 11.2 Å². The summed E-state index contributed by atoms with van der Waals surface area (Å²) >= 11 is 1.83. The molecule has 3 atom stereocenters. The molecule has 3 unspecified atom stereocenters. The summed E-state index contributed by atoms with van der Waals surface area (Å²) in [6.07, 6.45) is 3.68. The summed E-state index contributed by atoms with van der Waals surface area (Å²) in [6, 6.07) is 0.405. The van der Waals surface area contributed by atoms with Gasteiger partial charge in [-0.15, -0.1) is 11.3 Å². The van der Waals surface area contributed by atoms with Gasteiger partial charge in [-0.25, -0.2) is 4.98 Å². The third-order valence-electron chi connectivity index (χ3n) is 3.96. The molecular formula is C15H26N2OS. The maximum absolute atomic E-state index is 5.95. The van der Waals surface area contributed by atoms with Crippen LogP contribution in [0.5, 0.6) is 0 Å². The van der Waals surface area contributed by atoms with E-state index in [1.165, 1.54) is 22.0 Å². The molecule has 1 aromatic rings. The largest absolute Gasteiger partial charge is 0.376 e. The first-order valence-corrected chi connectivity index (χ1v) is 8.21. The van der Waals surface area contributed by atoms with E-state index in [9.17, 15) is 0 Å². The van der Waals surface area contributed by atoms with Crippen molar-refractivity contribution in [3.8, 4) is 0 Å².